The van der Waals surface area contributed by atoms with Gasteiger partial charge in [0, 0.05) is 18.8 Å². The summed E-state index contributed by atoms with van der Waals surface area (Å²) in [5.41, 5.74) is 3.20. The van der Waals surface area contributed by atoms with Gasteiger partial charge in [-0.1, -0.05) is 43.3 Å². The number of pyridine rings is 1. The maximum absolute atomic E-state index is 11.7. The molecule has 0 saturated carbocycles. The zero-order valence-electron chi connectivity index (χ0n) is 11.6. The summed E-state index contributed by atoms with van der Waals surface area (Å²) in [7, 11) is 0. The predicted octanol–water partition coefficient (Wildman–Crippen LogP) is 2.57. The molecule has 0 fully saturated rings. The Kier molecular flexibility index (Phi) is 4.91. The molecule has 0 atom stereocenters. The lowest BCUT2D eigenvalue weighted by atomic mass is 10.1. The van der Waals surface area contributed by atoms with Crippen molar-refractivity contribution in [3.05, 3.63) is 69.6 Å². The number of aliphatic hydroxyl groups is 1. The third kappa shape index (κ3) is 3.68. The molecular weight excluding hydrogens is 250 g/mol. The van der Waals surface area contributed by atoms with Crippen molar-refractivity contribution in [3.63, 3.8) is 0 Å². The molecule has 0 saturated heterocycles. The Hall–Kier alpha value is -2.13. The Bertz CT molecular complexity index is 639. The summed E-state index contributed by atoms with van der Waals surface area (Å²) < 4.78 is 1.49. The van der Waals surface area contributed by atoms with Gasteiger partial charge in [-0.25, -0.2) is 0 Å². The van der Waals surface area contributed by atoms with Crippen molar-refractivity contribution in [1.29, 1.82) is 0 Å². The molecule has 1 N–H and O–H groups in total. The monoisotopic (exact) mass is 269 g/mol. The summed E-state index contributed by atoms with van der Waals surface area (Å²) in [5.74, 6) is 0. The lowest BCUT2D eigenvalue weighted by molar-refractivity contribution is 0.274. The normalized spacial score (nSPS) is 11.1. The highest BCUT2D eigenvalue weighted by Gasteiger charge is 1.96. The molecular formula is C17H19NO2. The highest BCUT2D eigenvalue weighted by Crippen LogP contribution is 2.09. The summed E-state index contributed by atoms with van der Waals surface area (Å²) in [6, 6.07) is 11.8. The average molecular weight is 269 g/mol. The number of hydrogen-bond acceptors (Lipinski definition) is 2. The Morgan fingerprint density at radius 3 is 2.40 bits per heavy atom. The van der Waals surface area contributed by atoms with Crippen LogP contribution in [0, 0.1) is 0 Å². The van der Waals surface area contributed by atoms with Crippen molar-refractivity contribution in [2.45, 2.75) is 19.9 Å². The van der Waals surface area contributed by atoms with Gasteiger partial charge in [0.15, 0.2) is 0 Å². The molecule has 3 nitrogen and oxygen atoms in total. The molecule has 0 aliphatic rings. The topological polar surface area (TPSA) is 42.2 Å². The molecule has 2 aromatic rings. The van der Waals surface area contributed by atoms with E-state index in [1.807, 2.05) is 18.2 Å². The van der Waals surface area contributed by atoms with Gasteiger partial charge in [-0.3, -0.25) is 4.79 Å². The second-order valence-electron chi connectivity index (χ2n) is 4.64. The Morgan fingerprint density at radius 2 is 1.80 bits per heavy atom. The molecule has 0 aliphatic heterocycles. The molecule has 0 amide bonds. The van der Waals surface area contributed by atoms with Crippen molar-refractivity contribution >= 4 is 12.2 Å². The van der Waals surface area contributed by atoms with E-state index in [-0.39, 0.29) is 12.2 Å². The highest BCUT2D eigenvalue weighted by atomic mass is 16.3. The van der Waals surface area contributed by atoms with Crippen molar-refractivity contribution in [3.8, 4) is 0 Å². The van der Waals surface area contributed by atoms with Gasteiger partial charge in [0.1, 0.15) is 0 Å². The van der Waals surface area contributed by atoms with E-state index in [4.69, 9.17) is 5.11 Å². The Balaban J connectivity index is 2.14. The summed E-state index contributed by atoms with van der Waals surface area (Å²) in [6.07, 6.45) is 6.65. The van der Waals surface area contributed by atoms with E-state index in [9.17, 15) is 4.79 Å². The largest absolute Gasteiger partial charge is 0.395 e. The SMILES string of the molecule is CCc1ccc(/C=C/c2ccn(CCO)c(=O)c2)cc1. The van der Waals surface area contributed by atoms with Crippen molar-refractivity contribution in [1.82, 2.24) is 4.57 Å². The van der Waals surface area contributed by atoms with E-state index >= 15 is 0 Å². The van der Waals surface area contributed by atoms with Crippen molar-refractivity contribution < 1.29 is 5.11 Å². The highest BCUT2D eigenvalue weighted by molar-refractivity contribution is 5.69. The van der Waals surface area contributed by atoms with Crippen LogP contribution >= 0.6 is 0 Å². The molecule has 3 heteroatoms. The molecule has 1 heterocycles. The van der Waals surface area contributed by atoms with Crippen LogP contribution in [-0.4, -0.2) is 16.3 Å². The zero-order valence-corrected chi connectivity index (χ0v) is 11.6. The fourth-order valence-corrected chi connectivity index (χ4v) is 1.98. The van der Waals surface area contributed by atoms with E-state index in [2.05, 4.69) is 31.2 Å². The molecule has 0 spiro atoms. The van der Waals surface area contributed by atoms with Gasteiger partial charge >= 0.3 is 0 Å². The second-order valence-corrected chi connectivity index (χ2v) is 4.64. The van der Waals surface area contributed by atoms with Crippen LogP contribution in [-0.2, 0) is 13.0 Å². The molecule has 2 rings (SSSR count). The first-order valence-electron chi connectivity index (χ1n) is 6.81. The molecule has 1 aromatic heterocycles. The van der Waals surface area contributed by atoms with Crippen LogP contribution in [0.3, 0.4) is 0 Å². The van der Waals surface area contributed by atoms with Gasteiger partial charge < -0.3 is 9.67 Å². The molecule has 0 aliphatic carbocycles. The van der Waals surface area contributed by atoms with E-state index in [0.717, 1.165) is 17.5 Å². The summed E-state index contributed by atoms with van der Waals surface area (Å²) in [5, 5.41) is 8.83. The number of aryl methyl sites for hydroxylation is 1. The third-order valence-corrected chi connectivity index (χ3v) is 3.22. The first-order chi connectivity index (χ1) is 9.72. The van der Waals surface area contributed by atoms with Crippen LogP contribution in [0.1, 0.15) is 23.6 Å². The lowest BCUT2D eigenvalue weighted by Gasteiger charge is -2.02. The molecule has 104 valence electrons. The lowest BCUT2D eigenvalue weighted by Crippen LogP contribution is -2.20. The number of rotatable bonds is 5. The third-order valence-electron chi connectivity index (χ3n) is 3.22. The molecule has 20 heavy (non-hydrogen) atoms. The number of aromatic nitrogens is 1. The second kappa shape index (κ2) is 6.87. The number of aliphatic hydroxyl groups excluding tert-OH is 1. The Morgan fingerprint density at radius 1 is 1.10 bits per heavy atom. The van der Waals surface area contributed by atoms with Crippen LogP contribution in [0.2, 0.25) is 0 Å². The van der Waals surface area contributed by atoms with E-state index in [0.29, 0.717) is 6.54 Å². The van der Waals surface area contributed by atoms with Crippen LogP contribution < -0.4 is 5.56 Å². The van der Waals surface area contributed by atoms with Crippen LogP contribution in [0.15, 0.2) is 47.4 Å². The van der Waals surface area contributed by atoms with Gasteiger partial charge in [-0.2, -0.15) is 0 Å². The van der Waals surface area contributed by atoms with E-state index in [1.54, 1.807) is 12.3 Å². The molecule has 1 aromatic carbocycles. The first kappa shape index (κ1) is 14.3. The van der Waals surface area contributed by atoms with E-state index < -0.39 is 0 Å². The van der Waals surface area contributed by atoms with Gasteiger partial charge in [-0.15, -0.1) is 0 Å². The summed E-state index contributed by atoms with van der Waals surface area (Å²) in [6.45, 7) is 2.44. The van der Waals surface area contributed by atoms with E-state index in [1.165, 1.54) is 10.1 Å². The molecule has 0 bridgehead atoms. The minimum Gasteiger partial charge on any atom is -0.395 e. The van der Waals surface area contributed by atoms with Gasteiger partial charge in [0.05, 0.1) is 6.61 Å². The summed E-state index contributed by atoms with van der Waals surface area (Å²) >= 11 is 0. The molecule has 0 unspecified atom stereocenters. The van der Waals surface area contributed by atoms with Gasteiger partial charge in [0.2, 0.25) is 0 Å². The number of nitrogens with zero attached hydrogens (tertiary/aromatic N) is 1. The predicted molar refractivity (Wildman–Crippen MR) is 82.5 cm³/mol. The van der Waals surface area contributed by atoms with Gasteiger partial charge in [0.25, 0.3) is 5.56 Å². The average Bonchev–Trinajstić information content (AvgIpc) is 2.48. The summed E-state index contributed by atoms with van der Waals surface area (Å²) in [4.78, 5) is 11.7. The number of hydrogen-bond donors (Lipinski definition) is 1. The van der Waals surface area contributed by atoms with Crippen LogP contribution in [0.25, 0.3) is 12.2 Å². The first-order valence-corrected chi connectivity index (χ1v) is 6.81. The molecule has 0 radical (unpaired) electrons. The quantitative estimate of drug-likeness (QED) is 0.906. The van der Waals surface area contributed by atoms with Crippen molar-refractivity contribution in [2.75, 3.05) is 6.61 Å². The maximum Gasteiger partial charge on any atom is 0.251 e. The van der Waals surface area contributed by atoms with Gasteiger partial charge in [-0.05, 0) is 29.2 Å². The van der Waals surface area contributed by atoms with Crippen LogP contribution in [0.4, 0.5) is 0 Å². The minimum atomic E-state index is -0.0949. The zero-order chi connectivity index (χ0) is 14.4. The Labute approximate surface area is 118 Å². The minimum absolute atomic E-state index is 0.0289. The van der Waals surface area contributed by atoms with Crippen LogP contribution in [0.5, 0.6) is 0 Å². The standard InChI is InChI=1S/C17H19NO2/c1-2-14-3-5-15(6-4-14)7-8-16-9-10-18(11-12-19)17(20)13-16/h3-10,13,19H,2,11-12H2,1H3/b8-7+. The van der Waals surface area contributed by atoms with Crippen molar-refractivity contribution in [2.24, 2.45) is 0 Å². The fraction of sp³-hybridized carbons (Fsp3) is 0.235. The number of benzene rings is 1. The smallest absolute Gasteiger partial charge is 0.251 e. The fourth-order valence-electron chi connectivity index (χ4n) is 1.98. The maximum atomic E-state index is 11.7.